The van der Waals surface area contributed by atoms with Gasteiger partial charge in [0.05, 0.1) is 16.8 Å². The molecule has 0 atom stereocenters. The van der Waals surface area contributed by atoms with Crippen molar-refractivity contribution in [3.05, 3.63) is 112 Å². The number of carbonyl (C=O) groups is 1. The highest BCUT2D eigenvalue weighted by molar-refractivity contribution is 7.92. The summed E-state index contributed by atoms with van der Waals surface area (Å²) in [6.07, 6.45) is 1.56. The van der Waals surface area contributed by atoms with Crippen LogP contribution in [0.5, 0.6) is 0 Å². The minimum atomic E-state index is -4.01. The van der Waals surface area contributed by atoms with Crippen molar-refractivity contribution in [2.45, 2.75) is 45.4 Å². The fourth-order valence-corrected chi connectivity index (χ4v) is 5.97. The van der Waals surface area contributed by atoms with Crippen LogP contribution < -0.4 is 9.73 Å². The van der Waals surface area contributed by atoms with Gasteiger partial charge in [0.1, 0.15) is 6.54 Å². The van der Waals surface area contributed by atoms with Gasteiger partial charge in [-0.05, 0) is 86.8 Å². The van der Waals surface area contributed by atoms with Crippen LogP contribution in [0.3, 0.4) is 0 Å². The molecule has 0 saturated heterocycles. The standard InChI is InChI=1S/C31H33ClN4O3S/c1-21(2)25-8-12-28(13-9-25)35(40(38,39)30-16-6-22(3)7-17-30)20-31(37)34-33-19-26-18-23(4)36(24(26)5)29-14-10-27(32)11-15-29/h6-19,21H,20H2,1-5H3,(H,34,37)/b33-19-. The molecule has 1 amide bonds. The average Bonchev–Trinajstić information content (AvgIpc) is 3.20. The molecule has 1 aromatic heterocycles. The number of nitrogens with one attached hydrogen (secondary N) is 1. The second kappa shape index (κ2) is 12.1. The first-order valence-corrected chi connectivity index (χ1v) is 14.8. The van der Waals surface area contributed by atoms with Gasteiger partial charge in [-0.1, -0.05) is 55.3 Å². The lowest BCUT2D eigenvalue weighted by molar-refractivity contribution is -0.119. The number of aryl methyl sites for hydroxylation is 2. The van der Waals surface area contributed by atoms with Crippen molar-refractivity contribution >= 4 is 39.4 Å². The number of nitrogens with zero attached hydrogens (tertiary/aromatic N) is 3. The molecule has 3 aromatic carbocycles. The molecule has 0 spiro atoms. The Hall–Kier alpha value is -3.88. The zero-order chi connectivity index (χ0) is 29.0. The highest BCUT2D eigenvalue weighted by atomic mass is 35.5. The average molecular weight is 577 g/mol. The van der Waals surface area contributed by atoms with Crippen molar-refractivity contribution < 1.29 is 13.2 Å². The normalized spacial score (nSPS) is 11.8. The van der Waals surface area contributed by atoms with E-state index in [4.69, 9.17) is 11.6 Å². The molecule has 208 valence electrons. The van der Waals surface area contributed by atoms with Crippen LogP contribution >= 0.6 is 11.6 Å². The number of aromatic nitrogens is 1. The van der Waals surface area contributed by atoms with Gasteiger partial charge in [0.15, 0.2) is 0 Å². The zero-order valence-corrected chi connectivity index (χ0v) is 24.8. The lowest BCUT2D eigenvalue weighted by Gasteiger charge is -2.24. The maximum atomic E-state index is 13.6. The lowest BCUT2D eigenvalue weighted by atomic mass is 10.0. The fraction of sp³-hybridized carbons (Fsp3) is 0.226. The second-order valence-corrected chi connectivity index (χ2v) is 12.3. The first-order chi connectivity index (χ1) is 19.0. The Kier molecular flexibility index (Phi) is 8.81. The molecule has 0 unspecified atom stereocenters. The SMILES string of the molecule is Cc1ccc(S(=O)(=O)N(CC(=O)N/N=C\c2cc(C)n(-c3ccc(Cl)cc3)c2C)c2ccc(C(C)C)cc2)cc1. The summed E-state index contributed by atoms with van der Waals surface area (Å²) in [7, 11) is -4.01. The van der Waals surface area contributed by atoms with Gasteiger partial charge in [-0.3, -0.25) is 9.10 Å². The van der Waals surface area contributed by atoms with Crippen LogP contribution in [-0.4, -0.2) is 31.7 Å². The van der Waals surface area contributed by atoms with E-state index in [1.165, 1.54) is 0 Å². The fourth-order valence-electron chi connectivity index (χ4n) is 4.42. The summed E-state index contributed by atoms with van der Waals surface area (Å²) in [6, 6.07) is 23.3. The molecule has 7 nitrogen and oxygen atoms in total. The number of hydrazone groups is 1. The van der Waals surface area contributed by atoms with Crippen LogP contribution in [0.2, 0.25) is 5.02 Å². The molecule has 0 radical (unpaired) electrons. The summed E-state index contributed by atoms with van der Waals surface area (Å²) in [6.45, 7) is 9.52. The molecule has 4 aromatic rings. The number of carbonyl (C=O) groups excluding carboxylic acids is 1. The van der Waals surface area contributed by atoms with Gasteiger partial charge in [-0.25, -0.2) is 13.8 Å². The van der Waals surface area contributed by atoms with E-state index in [2.05, 4.69) is 28.9 Å². The van der Waals surface area contributed by atoms with Crippen molar-refractivity contribution in [2.75, 3.05) is 10.8 Å². The molecule has 40 heavy (non-hydrogen) atoms. The van der Waals surface area contributed by atoms with Crippen LogP contribution in [0.25, 0.3) is 5.69 Å². The summed E-state index contributed by atoms with van der Waals surface area (Å²) in [5.41, 5.74) is 8.62. The van der Waals surface area contributed by atoms with Gasteiger partial charge in [0, 0.05) is 27.7 Å². The maximum absolute atomic E-state index is 13.6. The van der Waals surface area contributed by atoms with Crippen molar-refractivity contribution in [1.29, 1.82) is 0 Å². The Labute approximate surface area is 241 Å². The van der Waals surface area contributed by atoms with E-state index in [-0.39, 0.29) is 10.8 Å². The van der Waals surface area contributed by atoms with Crippen LogP contribution in [0.15, 0.2) is 88.9 Å². The Morgan fingerprint density at radius 3 is 2.20 bits per heavy atom. The molecule has 1 heterocycles. The Morgan fingerprint density at radius 2 is 1.60 bits per heavy atom. The van der Waals surface area contributed by atoms with Gasteiger partial charge >= 0.3 is 0 Å². The number of hydrogen-bond donors (Lipinski definition) is 1. The number of sulfonamides is 1. The van der Waals surface area contributed by atoms with E-state index in [0.717, 1.165) is 38.1 Å². The summed E-state index contributed by atoms with van der Waals surface area (Å²) < 4.78 is 30.4. The molecule has 0 aliphatic rings. The number of amides is 1. The van der Waals surface area contributed by atoms with E-state index in [1.54, 1.807) is 42.6 Å². The van der Waals surface area contributed by atoms with Crippen molar-refractivity contribution in [3.8, 4) is 5.69 Å². The highest BCUT2D eigenvalue weighted by Crippen LogP contribution is 2.26. The van der Waals surface area contributed by atoms with E-state index < -0.39 is 22.5 Å². The van der Waals surface area contributed by atoms with Crippen LogP contribution in [-0.2, 0) is 14.8 Å². The Morgan fingerprint density at radius 1 is 0.975 bits per heavy atom. The van der Waals surface area contributed by atoms with Crippen molar-refractivity contribution in [2.24, 2.45) is 5.10 Å². The van der Waals surface area contributed by atoms with E-state index in [9.17, 15) is 13.2 Å². The number of halogens is 1. The molecule has 0 fully saturated rings. The Balaban J connectivity index is 1.56. The first-order valence-electron chi connectivity index (χ1n) is 12.9. The molecule has 0 aliphatic heterocycles. The first kappa shape index (κ1) is 29.1. The van der Waals surface area contributed by atoms with Gasteiger partial charge < -0.3 is 4.57 Å². The van der Waals surface area contributed by atoms with Gasteiger partial charge in [0.25, 0.3) is 15.9 Å². The third-order valence-corrected chi connectivity index (χ3v) is 8.73. The molecule has 9 heteroatoms. The second-order valence-electron chi connectivity index (χ2n) is 10.0. The van der Waals surface area contributed by atoms with Gasteiger partial charge in [-0.2, -0.15) is 5.10 Å². The molecule has 0 bridgehead atoms. The predicted molar refractivity (Wildman–Crippen MR) is 162 cm³/mol. The van der Waals surface area contributed by atoms with Crippen LogP contribution in [0, 0.1) is 20.8 Å². The largest absolute Gasteiger partial charge is 0.318 e. The number of hydrogen-bond acceptors (Lipinski definition) is 4. The third kappa shape index (κ3) is 6.46. The highest BCUT2D eigenvalue weighted by Gasteiger charge is 2.27. The number of benzene rings is 3. The number of anilines is 1. The van der Waals surface area contributed by atoms with Crippen LogP contribution in [0.1, 0.15) is 47.8 Å². The van der Waals surface area contributed by atoms with Crippen molar-refractivity contribution in [1.82, 2.24) is 9.99 Å². The summed E-state index contributed by atoms with van der Waals surface area (Å²) in [5.74, 6) is -0.276. The smallest absolute Gasteiger partial charge is 0.264 e. The Bertz CT molecular complexity index is 1620. The third-order valence-electron chi connectivity index (χ3n) is 6.69. The minimum Gasteiger partial charge on any atom is -0.318 e. The topological polar surface area (TPSA) is 83.8 Å². The minimum absolute atomic E-state index is 0.108. The number of rotatable bonds is 9. The lowest BCUT2D eigenvalue weighted by Crippen LogP contribution is -2.39. The molecular weight excluding hydrogens is 544 g/mol. The monoisotopic (exact) mass is 576 g/mol. The quantitative estimate of drug-likeness (QED) is 0.182. The van der Waals surface area contributed by atoms with E-state index >= 15 is 0 Å². The van der Waals surface area contributed by atoms with E-state index in [0.29, 0.717) is 10.7 Å². The van der Waals surface area contributed by atoms with Crippen molar-refractivity contribution in [3.63, 3.8) is 0 Å². The van der Waals surface area contributed by atoms with Gasteiger partial charge in [0.2, 0.25) is 0 Å². The molecule has 0 aliphatic carbocycles. The predicted octanol–water partition coefficient (Wildman–Crippen LogP) is 6.52. The molecule has 0 saturated carbocycles. The maximum Gasteiger partial charge on any atom is 0.264 e. The molecular formula is C31H33ClN4O3S. The zero-order valence-electron chi connectivity index (χ0n) is 23.2. The summed E-state index contributed by atoms with van der Waals surface area (Å²) in [5, 5.41) is 4.79. The van der Waals surface area contributed by atoms with Crippen LogP contribution in [0.4, 0.5) is 5.69 Å². The molecule has 1 N–H and O–H groups in total. The van der Waals surface area contributed by atoms with Gasteiger partial charge in [-0.15, -0.1) is 0 Å². The summed E-state index contributed by atoms with van der Waals surface area (Å²) >= 11 is 6.03. The van der Waals surface area contributed by atoms with E-state index in [1.807, 2.05) is 63.2 Å². The molecule has 4 rings (SSSR count). The summed E-state index contributed by atoms with van der Waals surface area (Å²) in [4.78, 5) is 13.1.